The highest BCUT2D eigenvalue weighted by Crippen LogP contribution is 2.35. The highest BCUT2D eigenvalue weighted by molar-refractivity contribution is 7.99. The average molecular weight is 369 g/mol. The van der Waals surface area contributed by atoms with E-state index in [1.807, 2.05) is 0 Å². The number of nitrogen functional groups attached to an aromatic ring is 1. The molecule has 0 amide bonds. The Hall–Kier alpha value is -1.37. The standard InChI is InChI=1S/C15H14Cl2N4OS/c16-9-4-5-10(11(17)6-9)12(22)7-23-15-20-13(8-2-1-3-8)19-14(18)21-15/h4-6,8H,1-3,7H2,(H2,18,19,20,21). The van der Waals surface area contributed by atoms with Crippen molar-refractivity contribution in [2.75, 3.05) is 11.5 Å². The van der Waals surface area contributed by atoms with Gasteiger partial charge in [-0.15, -0.1) is 0 Å². The fourth-order valence-corrected chi connectivity index (χ4v) is 3.47. The van der Waals surface area contributed by atoms with Gasteiger partial charge >= 0.3 is 0 Å². The second-order valence-electron chi connectivity index (χ2n) is 5.30. The van der Waals surface area contributed by atoms with Crippen LogP contribution in [0.3, 0.4) is 0 Å². The van der Waals surface area contributed by atoms with Gasteiger partial charge in [0.05, 0.1) is 10.8 Å². The topological polar surface area (TPSA) is 81.8 Å². The number of ketones is 1. The summed E-state index contributed by atoms with van der Waals surface area (Å²) in [5.41, 5.74) is 6.17. The molecule has 1 heterocycles. The predicted molar refractivity (Wildman–Crippen MR) is 92.3 cm³/mol. The first-order valence-electron chi connectivity index (χ1n) is 7.15. The number of halogens is 2. The van der Waals surface area contributed by atoms with E-state index in [0.29, 0.717) is 26.7 Å². The quantitative estimate of drug-likeness (QED) is 0.634. The summed E-state index contributed by atoms with van der Waals surface area (Å²) >= 11 is 13.1. The van der Waals surface area contributed by atoms with Crippen LogP contribution >= 0.6 is 35.0 Å². The van der Waals surface area contributed by atoms with Gasteiger partial charge in [-0.1, -0.05) is 41.4 Å². The lowest BCUT2D eigenvalue weighted by molar-refractivity contribution is 0.102. The molecule has 1 fully saturated rings. The molecule has 1 aliphatic rings. The minimum Gasteiger partial charge on any atom is -0.368 e. The fourth-order valence-electron chi connectivity index (χ4n) is 2.23. The molecule has 0 unspecified atom stereocenters. The van der Waals surface area contributed by atoms with E-state index in [9.17, 15) is 4.79 Å². The van der Waals surface area contributed by atoms with E-state index in [0.717, 1.165) is 18.7 Å². The van der Waals surface area contributed by atoms with Crippen molar-refractivity contribution in [3.63, 3.8) is 0 Å². The third-order valence-electron chi connectivity index (χ3n) is 3.68. The average Bonchev–Trinajstić information content (AvgIpc) is 2.42. The van der Waals surface area contributed by atoms with Crippen molar-refractivity contribution in [1.29, 1.82) is 0 Å². The Morgan fingerprint density at radius 3 is 2.70 bits per heavy atom. The van der Waals surface area contributed by atoms with Crippen molar-refractivity contribution in [1.82, 2.24) is 15.0 Å². The fraction of sp³-hybridized carbons (Fsp3) is 0.333. The number of hydrogen-bond acceptors (Lipinski definition) is 6. The van der Waals surface area contributed by atoms with Gasteiger partial charge in [0.15, 0.2) is 10.9 Å². The molecule has 1 aliphatic carbocycles. The van der Waals surface area contributed by atoms with Crippen molar-refractivity contribution >= 4 is 46.7 Å². The van der Waals surface area contributed by atoms with Gasteiger partial charge in [-0.3, -0.25) is 4.79 Å². The van der Waals surface area contributed by atoms with Crippen LogP contribution < -0.4 is 5.73 Å². The van der Waals surface area contributed by atoms with Crippen molar-refractivity contribution < 1.29 is 4.79 Å². The Kier molecular flexibility index (Phi) is 5.04. The summed E-state index contributed by atoms with van der Waals surface area (Å²) in [7, 11) is 0. The molecule has 3 rings (SSSR count). The van der Waals surface area contributed by atoms with Crippen LogP contribution in [-0.4, -0.2) is 26.5 Å². The van der Waals surface area contributed by atoms with Crippen LogP contribution in [-0.2, 0) is 0 Å². The number of nitrogens with two attached hydrogens (primary N) is 1. The van der Waals surface area contributed by atoms with E-state index in [2.05, 4.69) is 15.0 Å². The molecule has 0 bridgehead atoms. The maximum Gasteiger partial charge on any atom is 0.224 e. The van der Waals surface area contributed by atoms with Crippen LogP contribution in [0.25, 0.3) is 0 Å². The first-order chi connectivity index (χ1) is 11.0. The number of anilines is 1. The summed E-state index contributed by atoms with van der Waals surface area (Å²) in [6, 6.07) is 4.81. The lowest BCUT2D eigenvalue weighted by Gasteiger charge is -2.23. The molecule has 1 saturated carbocycles. The Balaban J connectivity index is 1.70. The molecular weight excluding hydrogens is 355 g/mol. The molecule has 2 aromatic rings. The summed E-state index contributed by atoms with van der Waals surface area (Å²) in [5.74, 6) is 1.35. The van der Waals surface area contributed by atoms with Crippen LogP contribution in [0, 0.1) is 0 Å². The Labute approximate surface area is 148 Å². The number of thioether (sulfide) groups is 1. The maximum absolute atomic E-state index is 12.3. The number of aromatic nitrogens is 3. The lowest BCUT2D eigenvalue weighted by atomic mass is 9.85. The number of carbonyl (C=O) groups is 1. The molecule has 5 nitrogen and oxygen atoms in total. The minimum atomic E-state index is -0.110. The molecule has 23 heavy (non-hydrogen) atoms. The van der Waals surface area contributed by atoms with Gasteiger partial charge < -0.3 is 5.73 Å². The number of rotatable bonds is 5. The number of carbonyl (C=O) groups excluding carboxylic acids is 1. The van der Waals surface area contributed by atoms with Crippen LogP contribution in [0.4, 0.5) is 5.95 Å². The second-order valence-corrected chi connectivity index (χ2v) is 7.08. The van der Waals surface area contributed by atoms with E-state index < -0.39 is 0 Å². The Morgan fingerprint density at radius 1 is 1.26 bits per heavy atom. The van der Waals surface area contributed by atoms with Crippen molar-refractivity contribution in [2.45, 2.75) is 30.3 Å². The molecule has 0 saturated heterocycles. The zero-order valence-corrected chi connectivity index (χ0v) is 14.5. The summed E-state index contributed by atoms with van der Waals surface area (Å²) in [5, 5.41) is 1.31. The molecular formula is C15H14Cl2N4OS. The molecule has 1 aromatic heterocycles. The molecule has 0 spiro atoms. The summed E-state index contributed by atoms with van der Waals surface area (Å²) in [6.07, 6.45) is 3.34. The van der Waals surface area contributed by atoms with Crippen LogP contribution in [0.2, 0.25) is 10.0 Å². The SMILES string of the molecule is Nc1nc(SCC(=O)c2ccc(Cl)cc2Cl)nc(C2CCC2)n1. The molecule has 0 atom stereocenters. The Bertz CT molecular complexity index is 752. The number of hydrogen-bond donors (Lipinski definition) is 1. The van der Waals surface area contributed by atoms with Gasteiger partial charge in [0, 0.05) is 16.5 Å². The van der Waals surface area contributed by atoms with Crippen molar-refractivity contribution in [3.8, 4) is 0 Å². The molecule has 120 valence electrons. The number of benzene rings is 1. The molecule has 2 N–H and O–H groups in total. The van der Waals surface area contributed by atoms with E-state index >= 15 is 0 Å². The smallest absolute Gasteiger partial charge is 0.224 e. The molecule has 1 aromatic carbocycles. The van der Waals surface area contributed by atoms with Crippen LogP contribution in [0.15, 0.2) is 23.4 Å². The molecule has 0 aliphatic heterocycles. The Morgan fingerprint density at radius 2 is 2.04 bits per heavy atom. The summed E-state index contributed by atoms with van der Waals surface area (Å²) < 4.78 is 0. The lowest BCUT2D eigenvalue weighted by Crippen LogP contribution is -2.15. The summed E-state index contributed by atoms with van der Waals surface area (Å²) in [4.78, 5) is 25.0. The third-order valence-corrected chi connectivity index (χ3v) is 5.08. The zero-order valence-electron chi connectivity index (χ0n) is 12.1. The number of Topliss-reactive ketones (excluding diaryl/α,β-unsaturated/α-hetero) is 1. The molecule has 0 radical (unpaired) electrons. The monoisotopic (exact) mass is 368 g/mol. The van der Waals surface area contributed by atoms with Gasteiger partial charge in [-0.05, 0) is 31.0 Å². The zero-order chi connectivity index (χ0) is 16.4. The van der Waals surface area contributed by atoms with Gasteiger partial charge in [0.25, 0.3) is 0 Å². The molecule has 8 heteroatoms. The van der Waals surface area contributed by atoms with E-state index in [1.165, 1.54) is 18.2 Å². The van der Waals surface area contributed by atoms with Crippen LogP contribution in [0.5, 0.6) is 0 Å². The van der Waals surface area contributed by atoms with E-state index in [-0.39, 0.29) is 17.5 Å². The van der Waals surface area contributed by atoms with Gasteiger partial charge in [-0.2, -0.15) is 9.97 Å². The predicted octanol–water partition coefficient (Wildman–Crippen LogP) is 4.00. The number of nitrogens with zero attached hydrogens (tertiary/aromatic N) is 3. The maximum atomic E-state index is 12.3. The minimum absolute atomic E-state index is 0.110. The third kappa shape index (κ3) is 3.94. The van der Waals surface area contributed by atoms with E-state index in [1.54, 1.807) is 18.2 Å². The highest BCUT2D eigenvalue weighted by atomic mass is 35.5. The second kappa shape index (κ2) is 7.03. The van der Waals surface area contributed by atoms with Gasteiger partial charge in [0.2, 0.25) is 5.95 Å². The first kappa shape index (κ1) is 16.5. The van der Waals surface area contributed by atoms with Gasteiger partial charge in [-0.25, -0.2) is 4.98 Å². The summed E-state index contributed by atoms with van der Waals surface area (Å²) in [6.45, 7) is 0. The normalized spacial score (nSPS) is 14.5. The first-order valence-corrected chi connectivity index (χ1v) is 8.89. The van der Waals surface area contributed by atoms with Gasteiger partial charge in [0.1, 0.15) is 5.82 Å². The highest BCUT2D eigenvalue weighted by Gasteiger charge is 2.23. The largest absolute Gasteiger partial charge is 0.368 e. The van der Waals surface area contributed by atoms with Crippen molar-refractivity contribution in [2.24, 2.45) is 0 Å². The van der Waals surface area contributed by atoms with E-state index in [4.69, 9.17) is 28.9 Å². The van der Waals surface area contributed by atoms with Crippen molar-refractivity contribution in [3.05, 3.63) is 39.6 Å². The van der Waals surface area contributed by atoms with Crippen LogP contribution in [0.1, 0.15) is 41.4 Å².